The second kappa shape index (κ2) is 9.07. The van der Waals surface area contributed by atoms with Crippen molar-refractivity contribution >= 4 is 6.03 Å². The molecule has 2 saturated heterocycles. The molecule has 0 spiro atoms. The van der Waals surface area contributed by atoms with Gasteiger partial charge in [0.05, 0.1) is 6.10 Å². The lowest BCUT2D eigenvalue weighted by atomic mass is 9.88. The molecule has 27 heavy (non-hydrogen) atoms. The van der Waals surface area contributed by atoms with Crippen molar-refractivity contribution in [1.29, 1.82) is 0 Å². The number of nitrogens with one attached hydrogen (secondary N) is 1. The van der Waals surface area contributed by atoms with Crippen LogP contribution in [-0.4, -0.2) is 65.3 Å². The van der Waals surface area contributed by atoms with Gasteiger partial charge in [-0.05, 0) is 70.5 Å². The molecule has 3 rings (SSSR count). The van der Waals surface area contributed by atoms with Gasteiger partial charge in [0.25, 0.3) is 0 Å². The van der Waals surface area contributed by atoms with Crippen molar-refractivity contribution in [2.45, 2.75) is 57.6 Å². The highest BCUT2D eigenvalue weighted by Gasteiger charge is 2.31. The molecule has 5 heteroatoms. The number of amides is 2. The largest absolute Gasteiger partial charge is 0.392 e. The topological polar surface area (TPSA) is 55.8 Å². The summed E-state index contributed by atoms with van der Waals surface area (Å²) in [6.45, 7) is 8.86. The van der Waals surface area contributed by atoms with Crippen molar-refractivity contribution in [3.8, 4) is 0 Å². The molecule has 0 unspecified atom stereocenters. The zero-order valence-corrected chi connectivity index (χ0v) is 16.9. The lowest BCUT2D eigenvalue weighted by Crippen LogP contribution is -2.56. The van der Waals surface area contributed by atoms with Crippen LogP contribution in [-0.2, 0) is 6.42 Å². The van der Waals surface area contributed by atoms with E-state index in [9.17, 15) is 9.90 Å². The zero-order chi connectivity index (χ0) is 19.3. The monoisotopic (exact) mass is 373 g/mol. The number of likely N-dealkylation sites (tertiary alicyclic amines) is 2. The highest BCUT2D eigenvalue weighted by molar-refractivity contribution is 5.75. The highest BCUT2D eigenvalue weighted by atomic mass is 16.3. The number of carbonyl (C=O) groups excluding carboxylic acids is 1. The molecule has 1 atom stereocenters. The van der Waals surface area contributed by atoms with Crippen molar-refractivity contribution in [1.82, 2.24) is 15.1 Å². The third-order valence-electron chi connectivity index (χ3n) is 5.92. The lowest BCUT2D eigenvalue weighted by molar-refractivity contribution is 0.0656. The van der Waals surface area contributed by atoms with Crippen LogP contribution in [0.15, 0.2) is 30.3 Å². The smallest absolute Gasteiger partial charge is 0.317 e. The maximum atomic E-state index is 12.7. The third kappa shape index (κ3) is 5.94. The van der Waals surface area contributed by atoms with Gasteiger partial charge in [-0.3, -0.25) is 0 Å². The van der Waals surface area contributed by atoms with Gasteiger partial charge in [-0.15, -0.1) is 0 Å². The number of aliphatic hydroxyl groups excluding tert-OH is 1. The van der Waals surface area contributed by atoms with Crippen LogP contribution in [0.4, 0.5) is 4.79 Å². The number of carbonyl (C=O) groups is 1. The molecule has 150 valence electrons. The van der Waals surface area contributed by atoms with E-state index in [0.717, 1.165) is 45.6 Å². The van der Waals surface area contributed by atoms with Gasteiger partial charge in [-0.2, -0.15) is 0 Å². The van der Waals surface area contributed by atoms with Gasteiger partial charge in [0.15, 0.2) is 0 Å². The fraction of sp³-hybridized carbons (Fsp3) is 0.682. The van der Waals surface area contributed by atoms with E-state index in [1.807, 2.05) is 23.1 Å². The summed E-state index contributed by atoms with van der Waals surface area (Å²) in [6.07, 6.45) is 4.64. The molecule has 2 amide bonds. The Bertz CT molecular complexity index is 591. The molecule has 2 aliphatic rings. The number of nitrogens with zero attached hydrogens (tertiary/aromatic N) is 2. The lowest BCUT2D eigenvalue weighted by Gasteiger charge is -2.37. The molecular weight excluding hydrogens is 338 g/mol. The number of piperidine rings is 1. The first kappa shape index (κ1) is 20.2. The van der Waals surface area contributed by atoms with Gasteiger partial charge in [-0.25, -0.2) is 4.79 Å². The molecule has 5 nitrogen and oxygen atoms in total. The summed E-state index contributed by atoms with van der Waals surface area (Å²) in [5.74, 6) is 0.270. The number of hydrogen-bond acceptors (Lipinski definition) is 3. The molecule has 1 aromatic rings. The minimum absolute atomic E-state index is 0.0372. The maximum Gasteiger partial charge on any atom is 0.317 e. The Morgan fingerprint density at radius 2 is 1.78 bits per heavy atom. The molecular formula is C22H35N3O2. The quantitative estimate of drug-likeness (QED) is 0.806. The third-order valence-corrected chi connectivity index (χ3v) is 5.92. The minimum Gasteiger partial charge on any atom is -0.392 e. The summed E-state index contributed by atoms with van der Waals surface area (Å²) >= 11 is 0. The number of hydrogen-bond donors (Lipinski definition) is 2. The van der Waals surface area contributed by atoms with Crippen molar-refractivity contribution in [3.05, 3.63) is 35.9 Å². The summed E-state index contributed by atoms with van der Waals surface area (Å²) in [7, 11) is 0. The number of urea groups is 1. The van der Waals surface area contributed by atoms with E-state index < -0.39 is 0 Å². The molecule has 0 aromatic heterocycles. The van der Waals surface area contributed by atoms with E-state index in [2.05, 4.69) is 36.2 Å². The Balaban J connectivity index is 1.43. The first-order chi connectivity index (χ1) is 12.9. The van der Waals surface area contributed by atoms with E-state index in [0.29, 0.717) is 6.42 Å². The predicted molar refractivity (Wildman–Crippen MR) is 109 cm³/mol. The van der Waals surface area contributed by atoms with E-state index in [1.54, 1.807) is 0 Å². The van der Waals surface area contributed by atoms with Crippen LogP contribution >= 0.6 is 0 Å². The van der Waals surface area contributed by atoms with E-state index >= 15 is 0 Å². The van der Waals surface area contributed by atoms with Crippen LogP contribution in [0.1, 0.15) is 45.1 Å². The maximum absolute atomic E-state index is 12.7. The normalized spacial score (nSPS) is 20.6. The van der Waals surface area contributed by atoms with Gasteiger partial charge in [0.2, 0.25) is 0 Å². The van der Waals surface area contributed by atoms with Crippen molar-refractivity contribution in [2.24, 2.45) is 5.92 Å². The number of aliphatic hydroxyl groups is 1. The molecule has 2 heterocycles. The molecule has 0 saturated carbocycles. The van der Waals surface area contributed by atoms with E-state index in [-0.39, 0.29) is 23.6 Å². The minimum atomic E-state index is -0.329. The van der Waals surface area contributed by atoms with Crippen LogP contribution < -0.4 is 5.32 Å². The SMILES string of the molecule is CC(C)(CN1CCCC1)NC(=O)N1CCC([C@@H](O)Cc2ccccc2)CC1. The summed E-state index contributed by atoms with van der Waals surface area (Å²) in [4.78, 5) is 17.0. The van der Waals surface area contributed by atoms with Crippen LogP contribution in [0, 0.1) is 5.92 Å². The van der Waals surface area contributed by atoms with E-state index in [4.69, 9.17) is 0 Å². The standard InChI is InChI=1S/C22H35N3O2/c1-22(2,17-24-12-6-7-13-24)23-21(27)25-14-10-19(11-15-25)20(26)16-18-8-4-3-5-9-18/h3-5,8-9,19-20,26H,6-7,10-17H2,1-2H3,(H,23,27)/t20-/m0/s1. The Labute approximate surface area is 163 Å². The molecule has 0 radical (unpaired) electrons. The molecule has 2 N–H and O–H groups in total. The average Bonchev–Trinajstić information content (AvgIpc) is 3.14. The van der Waals surface area contributed by atoms with E-state index in [1.165, 1.54) is 18.4 Å². The second-order valence-corrected chi connectivity index (χ2v) is 8.88. The Morgan fingerprint density at radius 3 is 2.41 bits per heavy atom. The van der Waals surface area contributed by atoms with Gasteiger partial charge >= 0.3 is 6.03 Å². The van der Waals surface area contributed by atoms with Crippen LogP contribution in [0.3, 0.4) is 0 Å². The van der Waals surface area contributed by atoms with Gasteiger partial charge in [0.1, 0.15) is 0 Å². The van der Waals surface area contributed by atoms with Gasteiger partial charge in [0, 0.05) is 25.2 Å². The summed E-state index contributed by atoms with van der Waals surface area (Å²) in [5, 5.41) is 13.8. The van der Waals surface area contributed by atoms with Crippen LogP contribution in [0.25, 0.3) is 0 Å². The van der Waals surface area contributed by atoms with Crippen molar-refractivity contribution in [3.63, 3.8) is 0 Å². The highest BCUT2D eigenvalue weighted by Crippen LogP contribution is 2.23. The predicted octanol–water partition coefficient (Wildman–Crippen LogP) is 2.89. The van der Waals surface area contributed by atoms with Crippen molar-refractivity contribution < 1.29 is 9.90 Å². The summed E-state index contributed by atoms with van der Waals surface area (Å²) < 4.78 is 0. The zero-order valence-electron chi connectivity index (χ0n) is 16.9. The Kier molecular flexibility index (Phi) is 6.77. The number of benzene rings is 1. The summed E-state index contributed by atoms with van der Waals surface area (Å²) in [6, 6.07) is 10.2. The van der Waals surface area contributed by atoms with Crippen LogP contribution in [0.2, 0.25) is 0 Å². The molecule has 2 fully saturated rings. The first-order valence-corrected chi connectivity index (χ1v) is 10.4. The average molecular weight is 374 g/mol. The molecule has 0 aliphatic carbocycles. The Hall–Kier alpha value is -1.59. The van der Waals surface area contributed by atoms with Crippen LogP contribution in [0.5, 0.6) is 0 Å². The fourth-order valence-electron chi connectivity index (χ4n) is 4.42. The molecule has 1 aromatic carbocycles. The molecule has 0 bridgehead atoms. The second-order valence-electron chi connectivity index (χ2n) is 8.88. The van der Waals surface area contributed by atoms with Gasteiger partial charge < -0.3 is 20.2 Å². The first-order valence-electron chi connectivity index (χ1n) is 10.4. The number of rotatable bonds is 6. The Morgan fingerprint density at radius 1 is 1.15 bits per heavy atom. The molecule has 2 aliphatic heterocycles. The van der Waals surface area contributed by atoms with Crippen molar-refractivity contribution in [2.75, 3.05) is 32.7 Å². The van der Waals surface area contributed by atoms with Gasteiger partial charge in [-0.1, -0.05) is 30.3 Å². The summed E-state index contributed by atoms with van der Waals surface area (Å²) in [5.41, 5.74) is 0.958. The fourth-order valence-corrected chi connectivity index (χ4v) is 4.42.